The highest BCUT2D eigenvalue weighted by molar-refractivity contribution is 6.52. The van der Waals surface area contributed by atoms with E-state index in [4.69, 9.17) is 14.0 Å². The van der Waals surface area contributed by atoms with Gasteiger partial charge in [0.2, 0.25) is 11.9 Å². The maximum atomic E-state index is 15.0. The van der Waals surface area contributed by atoms with Crippen LogP contribution >= 0.6 is 0 Å². The number of rotatable bonds is 11. The van der Waals surface area contributed by atoms with Gasteiger partial charge in [0.1, 0.15) is 48.3 Å². The zero-order chi connectivity index (χ0) is 34.4. The number of carbonyl (C=O) groups is 2. The van der Waals surface area contributed by atoms with Crippen LogP contribution in [0.25, 0.3) is 11.1 Å². The Morgan fingerprint density at radius 1 is 1.09 bits per heavy atom. The summed E-state index contributed by atoms with van der Waals surface area (Å²) < 4.78 is 72.4. The molecule has 4 aromatic rings. The molecular formula is C27H29B4F4N7O5. The van der Waals surface area contributed by atoms with Crippen molar-refractivity contribution in [3.05, 3.63) is 60.0 Å². The second-order valence-electron chi connectivity index (χ2n) is 12.3. The molecular weight excluding hydrogens is 622 g/mol. The van der Waals surface area contributed by atoms with Crippen molar-refractivity contribution in [1.29, 1.82) is 0 Å². The molecule has 12 nitrogen and oxygen atoms in total. The van der Waals surface area contributed by atoms with E-state index in [0.29, 0.717) is 16.8 Å². The van der Waals surface area contributed by atoms with Crippen LogP contribution in [0.15, 0.2) is 47.4 Å². The molecule has 1 aliphatic carbocycles. The predicted octanol–water partition coefficient (Wildman–Crippen LogP) is 0.354. The fourth-order valence-electron chi connectivity index (χ4n) is 4.89. The second-order valence-corrected chi connectivity index (χ2v) is 12.3. The maximum Gasteiger partial charge on any atom is 0.401 e. The van der Waals surface area contributed by atoms with Crippen molar-refractivity contribution in [3.8, 4) is 17.0 Å². The average Bonchev–Trinajstić information content (AvgIpc) is 3.52. The molecule has 3 heterocycles. The molecule has 0 atom stereocenters. The summed E-state index contributed by atoms with van der Waals surface area (Å²) in [6.45, 7) is 1.34. The first-order chi connectivity index (χ1) is 22.0. The number of carbonyl (C=O) groups excluding carboxylic acids is 2. The van der Waals surface area contributed by atoms with E-state index in [1.165, 1.54) is 38.6 Å². The summed E-state index contributed by atoms with van der Waals surface area (Å²) in [5.41, 5.74) is -0.616. The lowest BCUT2D eigenvalue weighted by molar-refractivity contribution is -0.165. The number of anilines is 3. The fourth-order valence-corrected chi connectivity index (χ4v) is 4.89. The molecule has 0 saturated heterocycles. The van der Waals surface area contributed by atoms with E-state index in [1.54, 1.807) is 32.6 Å². The Bertz CT molecular complexity index is 1810. The third kappa shape index (κ3) is 6.72. The Morgan fingerprint density at radius 2 is 1.77 bits per heavy atom. The minimum absolute atomic E-state index is 0.0621. The van der Waals surface area contributed by atoms with Crippen LogP contribution in [0, 0.1) is 5.82 Å². The molecule has 0 spiro atoms. The predicted molar refractivity (Wildman–Crippen MR) is 172 cm³/mol. The highest BCUT2D eigenvalue weighted by Crippen LogP contribution is 2.59. The van der Waals surface area contributed by atoms with Crippen molar-refractivity contribution in [3.63, 3.8) is 0 Å². The number of nitrogens with one attached hydrogen (secondary N) is 2. The molecule has 0 radical (unpaired) electrons. The number of methoxy groups -OCH3 is 1. The Labute approximate surface area is 270 Å². The van der Waals surface area contributed by atoms with Crippen LogP contribution in [0.3, 0.4) is 0 Å². The third-order valence-corrected chi connectivity index (χ3v) is 8.50. The smallest absolute Gasteiger partial charge is 0.401 e. The minimum atomic E-state index is -4.48. The van der Waals surface area contributed by atoms with Crippen molar-refractivity contribution in [2.45, 2.75) is 48.5 Å². The summed E-state index contributed by atoms with van der Waals surface area (Å²) in [6, 6.07) is 5.28. The molecule has 0 aliphatic heterocycles. The van der Waals surface area contributed by atoms with E-state index >= 15 is 0 Å². The van der Waals surface area contributed by atoms with Crippen LogP contribution in [0.1, 0.15) is 31.1 Å². The van der Waals surface area contributed by atoms with Crippen molar-refractivity contribution >= 4 is 60.7 Å². The molecule has 1 saturated carbocycles. The Hall–Kier alpha value is -4.76. The first-order valence-electron chi connectivity index (χ1n) is 14.5. The van der Waals surface area contributed by atoms with Crippen LogP contribution < -0.4 is 15.4 Å². The Morgan fingerprint density at radius 3 is 2.34 bits per heavy atom. The highest BCUT2D eigenvalue weighted by atomic mass is 19.4. The molecule has 1 fully saturated rings. The van der Waals surface area contributed by atoms with Crippen LogP contribution in [0.5, 0.6) is 5.88 Å². The monoisotopic (exact) mass is 651 g/mol. The molecule has 0 unspecified atom stereocenters. The quantitative estimate of drug-likeness (QED) is 0.133. The molecule has 1 aliphatic rings. The second kappa shape index (κ2) is 12.1. The van der Waals surface area contributed by atoms with Gasteiger partial charge >= 0.3 is 12.1 Å². The van der Waals surface area contributed by atoms with E-state index in [0.717, 1.165) is 6.07 Å². The molecule has 2 N–H and O–H groups in total. The number of aromatic nitrogens is 5. The average molecular weight is 651 g/mol. The van der Waals surface area contributed by atoms with E-state index in [9.17, 15) is 27.2 Å². The third-order valence-electron chi connectivity index (χ3n) is 8.50. The summed E-state index contributed by atoms with van der Waals surface area (Å²) in [5, 5.41) is 11.7. The van der Waals surface area contributed by atoms with Gasteiger partial charge in [0.05, 0.1) is 25.1 Å². The summed E-state index contributed by atoms with van der Waals surface area (Å²) in [7, 11) is 8.75. The lowest BCUT2D eigenvalue weighted by atomic mass is 9.40. The zero-order valence-corrected chi connectivity index (χ0v) is 26.5. The van der Waals surface area contributed by atoms with Gasteiger partial charge in [-0.3, -0.25) is 14.3 Å². The highest BCUT2D eigenvalue weighted by Gasteiger charge is 2.67. The van der Waals surface area contributed by atoms with Crippen LogP contribution in [-0.4, -0.2) is 86.9 Å². The first kappa shape index (κ1) is 33.6. The zero-order valence-electron chi connectivity index (χ0n) is 26.5. The Kier molecular flexibility index (Phi) is 8.66. The molecule has 0 bridgehead atoms. The van der Waals surface area contributed by atoms with E-state index in [1.807, 2.05) is 15.7 Å². The first-order valence-corrected chi connectivity index (χ1v) is 14.5. The van der Waals surface area contributed by atoms with Gasteiger partial charge in [-0.25, -0.2) is 14.4 Å². The van der Waals surface area contributed by atoms with Gasteiger partial charge in [-0.15, -0.1) is 5.10 Å². The summed E-state index contributed by atoms with van der Waals surface area (Å²) in [4.78, 5) is 32.8. The van der Waals surface area contributed by atoms with Crippen molar-refractivity contribution < 1.29 is 41.1 Å². The molecule has 5 rings (SSSR count). The molecule has 3 aromatic heterocycles. The van der Waals surface area contributed by atoms with E-state index < -0.39 is 40.0 Å². The molecule has 47 heavy (non-hydrogen) atoms. The number of hydrogen-bond acceptors (Lipinski definition) is 10. The number of amides is 1. The molecule has 1 amide bonds. The van der Waals surface area contributed by atoms with E-state index in [2.05, 4.69) is 30.9 Å². The summed E-state index contributed by atoms with van der Waals surface area (Å²) >= 11 is 0. The van der Waals surface area contributed by atoms with Crippen LogP contribution in [0.4, 0.5) is 35.0 Å². The van der Waals surface area contributed by atoms with Crippen LogP contribution in [0.2, 0.25) is 0 Å². The lowest BCUT2D eigenvalue weighted by Gasteiger charge is -2.42. The van der Waals surface area contributed by atoms with Crippen molar-refractivity contribution in [2.75, 3.05) is 17.7 Å². The number of halogens is 4. The standard InChI is InChI=1S/C27H29B4F4N7O5/c1-13(43)46-26(30,31)25(28,29)42-12-18(22(40-42)45-2)38-23-36-10-16(11-37-23)14-3-4-15(17(32)7-14)8-21(44)39-20-9-19(47-41-20)24(5-6-24)27(33,34)35/h3-4,7,9-12H,5-6,8,28-31H2,1-2H3,(H,36,37,38)(H,39,41,44). The van der Waals surface area contributed by atoms with Gasteiger partial charge < -0.3 is 24.6 Å². The number of benzene rings is 1. The molecule has 242 valence electrons. The minimum Gasteiger partial charge on any atom is -0.478 e. The number of nitrogens with zero attached hydrogens (tertiary/aromatic N) is 5. The summed E-state index contributed by atoms with van der Waals surface area (Å²) in [5.74, 6) is -1.86. The normalized spacial score (nSPS) is 14.3. The van der Waals surface area contributed by atoms with Crippen LogP contribution in [-0.2, 0) is 31.5 Å². The van der Waals surface area contributed by atoms with Gasteiger partial charge in [0.25, 0.3) is 5.88 Å². The maximum absolute atomic E-state index is 15.0. The van der Waals surface area contributed by atoms with Crippen molar-refractivity contribution in [1.82, 2.24) is 24.9 Å². The van der Waals surface area contributed by atoms with Gasteiger partial charge in [-0.05, 0) is 30.0 Å². The fraction of sp³-hybridized carbons (Fsp3) is 0.333. The SMILES string of the molecule is BC(B)(OC(C)=O)C(B)(B)n1cc(Nc2ncc(-c3ccc(CC(=O)Nc4cc(C5(C(F)(F)F)CC5)on4)c(F)c3)cn2)c(OC)n1. The lowest BCUT2D eigenvalue weighted by Crippen LogP contribution is -2.60. The van der Waals surface area contributed by atoms with Gasteiger partial charge in [0.15, 0.2) is 11.6 Å². The molecule has 1 aromatic carbocycles. The summed E-state index contributed by atoms with van der Waals surface area (Å²) in [6.07, 6.45) is -0.450. The number of alkyl halides is 3. The largest absolute Gasteiger partial charge is 0.478 e. The van der Waals surface area contributed by atoms with E-state index in [-0.39, 0.29) is 48.2 Å². The van der Waals surface area contributed by atoms with Gasteiger partial charge in [-0.1, -0.05) is 17.3 Å². The Balaban J connectivity index is 1.23. The molecule has 20 heteroatoms. The number of esters is 1. The van der Waals surface area contributed by atoms with Gasteiger partial charge in [0, 0.05) is 36.3 Å². The topological polar surface area (TPSA) is 146 Å². The number of ether oxygens (including phenoxy) is 2. The van der Waals surface area contributed by atoms with Crippen molar-refractivity contribution in [2.24, 2.45) is 0 Å². The van der Waals surface area contributed by atoms with Gasteiger partial charge in [-0.2, -0.15) is 13.2 Å². The number of hydrogen-bond donors (Lipinski definition) is 2.